The first kappa shape index (κ1) is 16.3. The van der Waals surface area contributed by atoms with Gasteiger partial charge >= 0.3 is 0 Å². The Labute approximate surface area is 142 Å². The number of nitrogens with two attached hydrogens (primary N) is 1. The molecule has 0 amide bonds. The molecule has 0 saturated heterocycles. The van der Waals surface area contributed by atoms with Crippen molar-refractivity contribution in [3.63, 3.8) is 0 Å². The summed E-state index contributed by atoms with van der Waals surface area (Å²) in [7, 11) is 0. The predicted octanol–water partition coefficient (Wildman–Crippen LogP) is 3.37. The molecule has 5 nitrogen and oxygen atoms in total. The molecular formula is C19H22N4O. The third-order valence-corrected chi connectivity index (χ3v) is 6.03. The van der Waals surface area contributed by atoms with Crippen LogP contribution >= 0.6 is 0 Å². The minimum atomic E-state index is -1.20. The zero-order valence-corrected chi connectivity index (χ0v) is 13.9. The molecule has 2 fully saturated rings. The highest BCUT2D eigenvalue weighted by Crippen LogP contribution is 2.65. The van der Waals surface area contributed by atoms with Crippen molar-refractivity contribution in [1.82, 2.24) is 0 Å². The van der Waals surface area contributed by atoms with E-state index in [-0.39, 0.29) is 16.7 Å². The Morgan fingerprint density at radius 1 is 1.25 bits per heavy atom. The first-order chi connectivity index (χ1) is 11.4. The van der Waals surface area contributed by atoms with Crippen LogP contribution in [0.25, 0.3) is 0 Å². The number of benzene rings is 1. The van der Waals surface area contributed by atoms with E-state index in [1.54, 1.807) is 19.1 Å². The van der Waals surface area contributed by atoms with Crippen molar-refractivity contribution in [3.8, 4) is 17.9 Å². The van der Waals surface area contributed by atoms with Crippen LogP contribution in [-0.2, 0) is 0 Å². The van der Waals surface area contributed by atoms with Gasteiger partial charge in [-0.05, 0) is 56.6 Å². The van der Waals surface area contributed by atoms with E-state index < -0.39 is 11.5 Å². The van der Waals surface area contributed by atoms with Gasteiger partial charge in [0.15, 0.2) is 5.60 Å². The van der Waals surface area contributed by atoms with Crippen molar-refractivity contribution in [3.05, 3.63) is 30.3 Å². The molecule has 1 aromatic rings. The van der Waals surface area contributed by atoms with Crippen LogP contribution in [0.2, 0.25) is 0 Å². The molecule has 1 aromatic carbocycles. The SMILES string of the molecule is CC(Oc1ccccc1)(C(=N)N)C(C#N)C12CCC(C#N)(CC1)C2. The summed E-state index contributed by atoms with van der Waals surface area (Å²) in [6.45, 7) is 1.73. The average molecular weight is 322 g/mol. The summed E-state index contributed by atoms with van der Waals surface area (Å²) in [5, 5.41) is 27.6. The number of amidine groups is 1. The number of rotatable bonds is 5. The molecule has 2 bridgehead atoms. The number of nitrogens with one attached hydrogen (secondary N) is 1. The summed E-state index contributed by atoms with van der Waals surface area (Å²) >= 11 is 0. The maximum atomic E-state index is 9.96. The molecule has 5 heteroatoms. The highest BCUT2D eigenvalue weighted by atomic mass is 16.5. The fourth-order valence-corrected chi connectivity index (χ4v) is 4.64. The topological polar surface area (TPSA) is 107 Å². The Kier molecular flexibility index (Phi) is 3.76. The summed E-state index contributed by atoms with van der Waals surface area (Å²) < 4.78 is 6.09. The second-order valence-electron chi connectivity index (χ2n) is 7.43. The number of nitrogens with zero attached hydrogens (tertiary/aromatic N) is 2. The van der Waals surface area contributed by atoms with Crippen LogP contribution in [0.4, 0.5) is 0 Å². The number of nitriles is 2. The van der Waals surface area contributed by atoms with E-state index in [0.717, 1.165) is 25.7 Å². The van der Waals surface area contributed by atoms with E-state index >= 15 is 0 Å². The summed E-state index contributed by atoms with van der Waals surface area (Å²) in [4.78, 5) is 0. The van der Waals surface area contributed by atoms with Crippen LogP contribution in [-0.4, -0.2) is 11.4 Å². The Morgan fingerprint density at radius 3 is 2.33 bits per heavy atom. The average Bonchev–Trinajstić information content (AvgIpc) is 3.13. The Hall–Kier alpha value is -2.53. The molecule has 0 spiro atoms. The Morgan fingerprint density at radius 2 is 1.88 bits per heavy atom. The molecule has 0 aliphatic heterocycles. The van der Waals surface area contributed by atoms with E-state index in [9.17, 15) is 10.5 Å². The molecule has 2 unspecified atom stereocenters. The van der Waals surface area contributed by atoms with Gasteiger partial charge in [0.2, 0.25) is 0 Å². The fourth-order valence-electron chi connectivity index (χ4n) is 4.64. The lowest BCUT2D eigenvalue weighted by atomic mass is 9.66. The number of fused-ring (bicyclic) bond motifs is 2. The third kappa shape index (κ3) is 2.32. The van der Waals surface area contributed by atoms with Gasteiger partial charge in [-0.15, -0.1) is 0 Å². The molecule has 0 heterocycles. The highest BCUT2D eigenvalue weighted by molar-refractivity contribution is 5.87. The van der Waals surface area contributed by atoms with Gasteiger partial charge in [-0.3, -0.25) is 5.41 Å². The van der Waals surface area contributed by atoms with Crippen LogP contribution in [0, 0.1) is 44.8 Å². The van der Waals surface area contributed by atoms with Gasteiger partial charge in [-0.25, -0.2) is 0 Å². The van der Waals surface area contributed by atoms with E-state index in [0.29, 0.717) is 12.2 Å². The van der Waals surface area contributed by atoms with Gasteiger partial charge < -0.3 is 10.5 Å². The predicted molar refractivity (Wildman–Crippen MR) is 90.1 cm³/mol. The largest absolute Gasteiger partial charge is 0.478 e. The van der Waals surface area contributed by atoms with E-state index in [4.69, 9.17) is 15.9 Å². The Balaban J connectivity index is 1.97. The molecular weight excluding hydrogens is 300 g/mol. The van der Waals surface area contributed by atoms with Gasteiger partial charge in [0.25, 0.3) is 0 Å². The monoisotopic (exact) mass is 322 g/mol. The van der Waals surface area contributed by atoms with Crippen molar-refractivity contribution in [2.75, 3.05) is 0 Å². The number of hydrogen-bond donors (Lipinski definition) is 2. The molecule has 2 atom stereocenters. The number of ether oxygens (including phenoxy) is 1. The lowest BCUT2D eigenvalue weighted by Crippen LogP contribution is -2.56. The molecule has 124 valence electrons. The molecule has 0 aromatic heterocycles. The van der Waals surface area contributed by atoms with Crippen LogP contribution in [0.3, 0.4) is 0 Å². The first-order valence-electron chi connectivity index (χ1n) is 8.29. The maximum Gasteiger partial charge on any atom is 0.178 e. The standard InChI is InChI=1S/C19H22N4O/c1-17(16(22)23,24-14-5-3-2-4-6-14)15(11-20)19-9-7-18(12-19,13-21)8-10-19/h2-6,15H,7-10,12H2,1H3,(H3,22,23). The van der Waals surface area contributed by atoms with Crippen LogP contribution in [0.1, 0.15) is 39.0 Å². The van der Waals surface area contributed by atoms with Crippen LogP contribution < -0.4 is 10.5 Å². The first-order valence-corrected chi connectivity index (χ1v) is 8.29. The molecule has 24 heavy (non-hydrogen) atoms. The van der Waals surface area contributed by atoms with E-state index in [1.165, 1.54) is 0 Å². The third-order valence-electron chi connectivity index (χ3n) is 6.03. The minimum absolute atomic E-state index is 0.145. The van der Waals surface area contributed by atoms with E-state index in [2.05, 4.69) is 12.1 Å². The van der Waals surface area contributed by atoms with Crippen molar-refractivity contribution < 1.29 is 4.74 Å². The second kappa shape index (κ2) is 5.53. The lowest BCUT2D eigenvalue weighted by molar-refractivity contribution is 0.0382. The van der Waals surface area contributed by atoms with Crippen LogP contribution in [0.15, 0.2) is 30.3 Å². The van der Waals surface area contributed by atoms with Gasteiger partial charge in [0, 0.05) is 0 Å². The number of hydrogen-bond acceptors (Lipinski definition) is 4. The molecule has 3 rings (SSSR count). The normalized spacial score (nSPS) is 31.5. The summed E-state index contributed by atoms with van der Waals surface area (Å²) in [6.07, 6.45) is 3.98. The summed E-state index contributed by atoms with van der Waals surface area (Å²) in [5.74, 6) is -0.108. The molecule has 0 radical (unpaired) electrons. The van der Waals surface area contributed by atoms with Crippen LogP contribution in [0.5, 0.6) is 5.75 Å². The van der Waals surface area contributed by atoms with Gasteiger partial charge in [0.1, 0.15) is 11.6 Å². The van der Waals surface area contributed by atoms with Gasteiger partial charge in [-0.2, -0.15) is 10.5 Å². The maximum absolute atomic E-state index is 9.96. The van der Waals surface area contributed by atoms with Gasteiger partial charge in [-0.1, -0.05) is 18.2 Å². The summed E-state index contributed by atoms with van der Waals surface area (Å²) in [5.41, 5.74) is 4.10. The zero-order chi connectivity index (χ0) is 17.4. The number of para-hydroxylation sites is 1. The Bertz CT molecular complexity index is 722. The smallest absolute Gasteiger partial charge is 0.178 e. The minimum Gasteiger partial charge on any atom is -0.478 e. The van der Waals surface area contributed by atoms with Crippen molar-refractivity contribution in [2.45, 2.75) is 44.6 Å². The molecule has 2 aliphatic rings. The zero-order valence-electron chi connectivity index (χ0n) is 13.9. The van der Waals surface area contributed by atoms with Crippen molar-refractivity contribution >= 4 is 5.84 Å². The van der Waals surface area contributed by atoms with Crippen molar-refractivity contribution in [2.24, 2.45) is 22.5 Å². The van der Waals surface area contributed by atoms with Crippen molar-refractivity contribution in [1.29, 1.82) is 15.9 Å². The van der Waals surface area contributed by atoms with E-state index in [1.807, 2.05) is 18.2 Å². The molecule has 2 saturated carbocycles. The molecule has 2 aliphatic carbocycles. The molecule has 3 N–H and O–H groups in total. The lowest BCUT2D eigenvalue weighted by Gasteiger charge is -2.42. The quantitative estimate of drug-likeness (QED) is 0.640. The summed E-state index contributed by atoms with van der Waals surface area (Å²) in [6, 6.07) is 14.0. The second-order valence-corrected chi connectivity index (χ2v) is 7.43. The van der Waals surface area contributed by atoms with Gasteiger partial charge in [0.05, 0.1) is 23.5 Å². The fraction of sp³-hybridized carbons (Fsp3) is 0.526. The highest BCUT2D eigenvalue weighted by Gasteiger charge is 2.63.